The van der Waals surface area contributed by atoms with Crippen molar-refractivity contribution in [2.24, 2.45) is 0 Å². The number of hydrogen-bond acceptors (Lipinski definition) is 6. The third-order valence-corrected chi connectivity index (χ3v) is 6.36. The molecular formula is C17H22N2O6S. The van der Waals surface area contributed by atoms with E-state index >= 15 is 0 Å². The van der Waals surface area contributed by atoms with Crippen LogP contribution in [0, 0.1) is 0 Å². The van der Waals surface area contributed by atoms with Crippen LogP contribution < -0.4 is 0 Å². The van der Waals surface area contributed by atoms with E-state index < -0.39 is 16.0 Å². The maximum Gasteiger partial charge on any atom is 0.338 e. The number of likely N-dealkylation sites (tertiary alicyclic amines) is 1. The first-order valence-corrected chi connectivity index (χ1v) is 10.1. The Labute approximate surface area is 152 Å². The lowest BCUT2D eigenvalue weighted by atomic mass is 10.2. The lowest BCUT2D eigenvalue weighted by Crippen LogP contribution is -2.40. The molecule has 0 saturated carbocycles. The van der Waals surface area contributed by atoms with Gasteiger partial charge in [0.25, 0.3) is 5.91 Å². The second-order valence-electron chi connectivity index (χ2n) is 6.21. The molecule has 3 rings (SSSR count). The first kappa shape index (κ1) is 18.8. The minimum absolute atomic E-state index is 0.0275. The zero-order valence-electron chi connectivity index (χ0n) is 14.4. The Hall–Kier alpha value is -1.97. The Morgan fingerprint density at radius 1 is 1.08 bits per heavy atom. The fourth-order valence-corrected chi connectivity index (χ4v) is 4.44. The van der Waals surface area contributed by atoms with Crippen LogP contribution in [0.25, 0.3) is 0 Å². The van der Waals surface area contributed by atoms with Gasteiger partial charge in [-0.05, 0) is 31.0 Å². The molecule has 0 radical (unpaired) electrons. The van der Waals surface area contributed by atoms with Gasteiger partial charge in [-0.15, -0.1) is 0 Å². The normalized spacial score (nSPS) is 18.7. The van der Waals surface area contributed by atoms with Gasteiger partial charge >= 0.3 is 5.97 Å². The lowest BCUT2D eigenvalue weighted by Gasteiger charge is -2.26. The summed E-state index contributed by atoms with van der Waals surface area (Å²) in [6.45, 7) is 2.29. The minimum atomic E-state index is -3.69. The molecule has 0 atom stereocenters. The number of sulfonamides is 1. The molecule has 0 aromatic heterocycles. The molecule has 0 spiro atoms. The summed E-state index contributed by atoms with van der Waals surface area (Å²) in [5, 5.41) is 0. The summed E-state index contributed by atoms with van der Waals surface area (Å²) >= 11 is 0. The predicted molar refractivity (Wildman–Crippen MR) is 92.1 cm³/mol. The highest BCUT2D eigenvalue weighted by molar-refractivity contribution is 7.89. The van der Waals surface area contributed by atoms with Crippen LogP contribution in [0.5, 0.6) is 0 Å². The zero-order valence-corrected chi connectivity index (χ0v) is 15.2. The Morgan fingerprint density at radius 3 is 2.46 bits per heavy atom. The SMILES string of the molecule is O=C(OCC(=O)N1CCCC1)c1cccc(S(=O)(=O)N2CCOCC2)c1. The van der Waals surface area contributed by atoms with Gasteiger partial charge < -0.3 is 14.4 Å². The van der Waals surface area contributed by atoms with Crippen LogP contribution in [0.2, 0.25) is 0 Å². The van der Waals surface area contributed by atoms with E-state index in [1.165, 1.54) is 28.6 Å². The molecule has 2 aliphatic heterocycles. The van der Waals surface area contributed by atoms with Crippen LogP contribution in [0.15, 0.2) is 29.2 Å². The minimum Gasteiger partial charge on any atom is -0.452 e. The van der Waals surface area contributed by atoms with E-state index in [2.05, 4.69) is 0 Å². The van der Waals surface area contributed by atoms with Gasteiger partial charge in [0.15, 0.2) is 6.61 Å². The maximum atomic E-state index is 12.7. The molecular weight excluding hydrogens is 360 g/mol. The summed E-state index contributed by atoms with van der Waals surface area (Å²) in [6, 6.07) is 5.69. The number of benzene rings is 1. The number of amides is 1. The van der Waals surface area contributed by atoms with Crippen LogP contribution in [0.4, 0.5) is 0 Å². The molecule has 8 nitrogen and oxygen atoms in total. The maximum absolute atomic E-state index is 12.7. The molecule has 26 heavy (non-hydrogen) atoms. The molecule has 0 aliphatic carbocycles. The number of carbonyl (C=O) groups excluding carboxylic acids is 2. The van der Waals surface area contributed by atoms with Gasteiger partial charge in [0.05, 0.1) is 23.7 Å². The molecule has 0 bridgehead atoms. The number of rotatable bonds is 5. The van der Waals surface area contributed by atoms with E-state index in [4.69, 9.17) is 9.47 Å². The van der Waals surface area contributed by atoms with Gasteiger partial charge in [0.1, 0.15) is 0 Å². The summed E-state index contributed by atoms with van der Waals surface area (Å²) in [5.74, 6) is -0.940. The van der Waals surface area contributed by atoms with Gasteiger partial charge in [-0.3, -0.25) is 4.79 Å². The molecule has 142 valence electrons. The molecule has 2 saturated heterocycles. The summed E-state index contributed by atoms with van der Waals surface area (Å²) in [4.78, 5) is 25.8. The smallest absolute Gasteiger partial charge is 0.338 e. The van der Waals surface area contributed by atoms with Crippen molar-refractivity contribution in [1.82, 2.24) is 9.21 Å². The molecule has 2 heterocycles. The van der Waals surface area contributed by atoms with Crippen molar-refractivity contribution in [1.29, 1.82) is 0 Å². The third-order valence-electron chi connectivity index (χ3n) is 4.46. The number of esters is 1. The average molecular weight is 382 g/mol. The Balaban J connectivity index is 1.66. The number of morpholine rings is 1. The molecule has 0 N–H and O–H groups in total. The molecule has 9 heteroatoms. The second kappa shape index (κ2) is 8.15. The molecule has 2 fully saturated rings. The van der Waals surface area contributed by atoms with Crippen LogP contribution in [0.1, 0.15) is 23.2 Å². The van der Waals surface area contributed by atoms with E-state index in [1.54, 1.807) is 4.90 Å². The summed E-state index contributed by atoms with van der Waals surface area (Å²) in [7, 11) is -3.69. The van der Waals surface area contributed by atoms with Crippen molar-refractivity contribution in [3.8, 4) is 0 Å². The highest BCUT2D eigenvalue weighted by Crippen LogP contribution is 2.19. The van der Waals surface area contributed by atoms with E-state index in [9.17, 15) is 18.0 Å². The largest absolute Gasteiger partial charge is 0.452 e. The average Bonchev–Trinajstić information content (AvgIpc) is 3.21. The third kappa shape index (κ3) is 4.22. The van der Waals surface area contributed by atoms with Crippen LogP contribution in [-0.2, 0) is 24.3 Å². The quantitative estimate of drug-likeness (QED) is 0.688. The van der Waals surface area contributed by atoms with Gasteiger partial charge in [0, 0.05) is 26.2 Å². The molecule has 1 aromatic rings. The summed E-state index contributed by atoms with van der Waals surface area (Å²) < 4.78 is 36.9. The second-order valence-corrected chi connectivity index (χ2v) is 8.15. The van der Waals surface area contributed by atoms with Crippen LogP contribution >= 0.6 is 0 Å². The standard InChI is InChI=1S/C17H22N2O6S/c20-16(18-6-1-2-7-18)13-25-17(21)14-4-3-5-15(12-14)26(22,23)19-8-10-24-11-9-19/h3-5,12H,1-2,6-11,13H2. The van der Waals surface area contributed by atoms with Crippen molar-refractivity contribution in [2.75, 3.05) is 46.0 Å². The number of carbonyl (C=O) groups is 2. The van der Waals surface area contributed by atoms with Gasteiger partial charge in [-0.25, -0.2) is 13.2 Å². The van der Waals surface area contributed by atoms with Crippen LogP contribution in [0.3, 0.4) is 0 Å². The first-order valence-electron chi connectivity index (χ1n) is 8.61. The Kier molecular flexibility index (Phi) is 5.90. The number of hydrogen-bond donors (Lipinski definition) is 0. The fraction of sp³-hybridized carbons (Fsp3) is 0.529. The predicted octanol–water partition coefficient (Wildman–Crippen LogP) is 0.487. The molecule has 0 unspecified atom stereocenters. The van der Waals surface area contributed by atoms with Crippen molar-refractivity contribution in [2.45, 2.75) is 17.7 Å². The first-order chi connectivity index (χ1) is 12.5. The van der Waals surface area contributed by atoms with E-state index in [0.29, 0.717) is 26.3 Å². The van der Waals surface area contributed by atoms with E-state index in [1.807, 2.05) is 0 Å². The highest BCUT2D eigenvalue weighted by Gasteiger charge is 2.27. The molecule has 2 aliphatic rings. The van der Waals surface area contributed by atoms with Gasteiger partial charge in [0.2, 0.25) is 10.0 Å². The van der Waals surface area contributed by atoms with Gasteiger partial charge in [-0.1, -0.05) is 6.07 Å². The van der Waals surface area contributed by atoms with Gasteiger partial charge in [-0.2, -0.15) is 4.31 Å². The summed E-state index contributed by atoms with van der Waals surface area (Å²) in [5.41, 5.74) is 0.105. The monoisotopic (exact) mass is 382 g/mol. The highest BCUT2D eigenvalue weighted by atomic mass is 32.2. The number of nitrogens with zero attached hydrogens (tertiary/aromatic N) is 2. The van der Waals surface area contributed by atoms with E-state index in [-0.39, 0.29) is 36.1 Å². The van der Waals surface area contributed by atoms with Crippen molar-refractivity contribution in [3.63, 3.8) is 0 Å². The lowest BCUT2D eigenvalue weighted by molar-refractivity contribution is -0.133. The Morgan fingerprint density at radius 2 is 1.77 bits per heavy atom. The van der Waals surface area contributed by atoms with Crippen molar-refractivity contribution >= 4 is 21.9 Å². The van der Waals surface area contributed by atoms with Crippen molar-refractivity contribution < 1.29 is 27.5 Å². The molecule has 1 aromatic carbocycles. The topological polar surface area (TPSA) is 93.2 Å². The zero-order chi connectivity index (χ0) is 18.6. The van der Waals surface area contributed by atoms with Crippen molar-refractivity contribution in [3.05, 3.63) is 29.8 Å². The number of ether oxygens (including phenoxy) is 2. The van der Waals surface area contributed by atoms with E-state index in [0.717, 1.165) is 12.8 Å². The Bertz CT molecular complexity index is 767. The van der Waals surface area contributed by atoms with Crippen LogP contribution in [-0.4, -0.2) is 75.5 Å². The fourth-order valence-electron chi connectivity index (χ4n) is 2.99. The molecule has 1 amide bonds. The summed E-state index contributed by atoms with van der Waals surface area (Å²) in [6.07, 6.45) is 1.92.